The molecule has 1 rings (SSSR count). The Bertz CT molecular complexity index is 405. The second-order valence-corrected chi connectivity index (χ2v) is 4.18. The smallest absolute Gasteiger partial charge is 0.298 e. The zero-order chi connectivity index (χ0) is 10.1. The van der Waals surface area contributed by atoms with Crippen LogP contribution in [-0.2, 0) is 10.1 Å². The van der Waals surface area contributed by atoms with Gasteiger partial charge < -0.3 is 5.11 Å². The van der Waals surface area contributed by atoms with E-state index in [9.17, 15) is 8.42 Å². The van der Waals surface area contributed by atoms with Gasteiger partial charge in [-0.05, 0) is 12.1 Å². The Morgan fingerprint density at radius 3 is 2.62 bits per heavy atom. The average molecular weight is 224 g/mol. The first-order valence-electron chi connectivity index (χ1n) is 3.17. The Morgan fingerprint density at radius 1 is 1.54 bits per heavy atom. The number of hydrogen-bond donors (Lipinski definition) is 2. The van der Waals surface area contributed by atoms with Crippen molar-refractivity contribution in [2.75, 3.05) is 0 Å². The molecular formula is C6H6ClNO4S. The molecule has 0 aromatic carbocycles. The topological polar surface area (TPSA) is 87.5 Å². The minimum absolute atomic E-state index is 0.213. The maximum Gasteiger partial charge on any atom is 0.298 e. The van der Waals surface area contributed by atoms with Gasteiger partial charge in [-0.25, -0.2) is 0 Å². The average Bonchev–Trinajstić information content (AvgIpc) is 2.01. The maximum atomic E-state index is 10.5. The molecular weight excluding hydrogens is 218 g/mol. The molecule has 0 fully saturated rings. The predicted molar refractivity (Wildman–Crippen MR) is 45.8 cm³/mol. The van der Waals surface area contributed by atoms with Crippen molar-refractivity contribution < 1.29 is 18.1 Å². The van der Waals surface area contributed by atoms with Gasteiger partial charge in [0.2, 0.25) is 5.44 Å². The van der Waals surface area contributed by atoms with E-state index in [-0.39, 0.29) is 10.7 Å². The first kappa shape index (κ1) is 10.4. The summed E-state index contributed by atoms with van der Waals surface area (Å²) in [6.07, 6.45) is 1.23. The van der Waals surface area contributed by atoms with Crippen molar-refractivity contribution in [3.8, 4) is 0 Å². The van der Waals surface area contributed by atoms with Gasteiger partial charge in [-0.3, -0.25) is 9.54 Å². The predicted octanol–water partition coefficient (Wildman–Crippen LogP) is 0.614. The van der Waals surface area contributed by atoms with Crippen LogP contribution < -0.4 is 0 Å². The number of nitrogens with zero attached hydrogens (tertiary/aromatic N) is 1. The number of aliphatic hydroxyl groups is 1. The summed E-state index contributed by atoms with van der Waals surface area (Å²) in [6, 6.07) is 2.57. The zero-order valence-electron chi connectivity index (χ0n) is 6.25. The van der Waals surface area contributed by atoms with Crippen molar-refractivity contribution in [1.82, 2.24) is 4.98 Å². The molecule has 0 amide bonds. The van der Waals surface area contributed by atoms with E-state index in [0.29, 0.717) is 0 Å². The van der Waals surface area contributed by atoms with Crippen LogP contribution in [0, 0.1) is 0 Å². The van der Waals surface area contributed by atoms with E-state index in [1.807, 2.05) is 0 Å². The van der Waals surface area contributed by atoms with Gasteiger partial charge in [0.15, 0.2) is 0 Å². The van der Waals surface area contributed by atoms with Gasteiger partial charge in [0.25, 0.3) is 10.1 Å². The lowest BCUT2D eigenvalue weighted by Gasteiger charge is -2.05. The number of hydrogen-bond acceptors (Lipinski definition) is 4. The van der Waals surface area contributed by atoms with Crippen molar-refractivity contribution in [2.45, 2.75) is 5.44 Å². The second kappa shape index (κ2) is 3.59. The van der Waals surface area contributed by atoms with Gasteiger partial charge in [-0.15, -0.1) is 0 Å². The Kier molecular flexibility index (Phi) is 2.87. The van der Waals surface area contributed by atoms with Crippen molar-refractivity contribution in [3.63, 3.8) is 0 Å². The lowest BCUT2D eigenvalue weighted by atomic mass is 10.4. The van der Waals surface area contributed by atoms with Crippen molar-refractivity contribution in [2.24, 2.45) is 0 Å². The van der Waals surface area contributed by atoms with Gasteiger partial charge in [-0.1, -0.05) is 11.6 Å². The van der Waals surface area contributed by atoms with Gasteiger partial charge in [-0.2, -0.15) is 8.42 Å². The molecule has 0 bridgehead atoms. The molecule has 13 heavy (non-hydrogen) atoms. The van der Waals surface area contributed by atoms with Crippen LogP contribution in [0.3, 0.4) is 0 Å². The van der Waals surface area contributed by atoms with E-state index < -0.39 is 15.6 Å². The molecule has 1 aromatic heterocycles. The van der Waals surface area contributed by atoms with Crippen LogP contribution in [-0.4, -0.2) is 23.1 Å². The number of halogens is 1. The summed E-state index contributed by atoms with van der Waals surface area (Å²) in [5, 5.41) is 9.25. The van der Waals surface area contributed by atoms with Crippen LogP contribution in [0.25, 0.3) is 0 Å². The number of pyridine rings is 1. The fourth-order valence-corrected chi connectivity index (χ4v) is 1.31. The molecule has 1 unspecified atom stereocenters. The van der Waals surface area contributed by atoms with Crippen molar-refractivity contribution in [3.05, 3.63) is 29.0 Å². The lowest BCUT2D eigenvalue weighted by Crippen LogP contribution is -2.12. The third-order valence-electron chi connectivity index (χ3n) is 1.28. The molecule has 0 radical (unpaired) electrons. The molecule has 1 aromatic rings. The van der Waals surface area contributed by atoms with E-state index in [4.69, 9.17) is 21.3 Å². The van der Waals surface area contributed by atoms with E-state index in [0.717, 1.165) is 6.07 Å². The maximum absolute atomic E-state index is 10.5. The Morgan fingerprint density at radius 2 is 2.15 bits per heavy atom. The molecule has 2 N–H and O–H groups in total. The van der Waals surface area contributed by atoms with Crippen LogP contribution in [0.2, 0.25) is 5.02 Å². The molecule has 0 saturated carbocycles. The standard InChI is InChI=1S/C6H6ClNO4S/c7-4-1-2-8-5(3-4)6(9)13(10,11)12/h1-3,6,9H,(H,10,11,12). The molecule has 0 saturated heterocycles. The highest BCUT2D eigenvalue weighted by atomic mass is 35.5. The molecule has 5 nitrogen and oxygen atoms in total. The van der Waals surface area contributed by atoms with Crippen LogP contribution in [0.15, 0.2) is 18.3 Å². The first-order chi connectivity index (χ1) is 5.91. The normalized spacial score (nSPS) is 14.1. The van der Waals surface area contributed by atoms with E-state index in [2.05, 4.69) is 4.98 Å². The summed E-state index contributed by atoms with van der Waals surface area (Å²) in [4.78, 5) is 3.53. The SMILES string of the molecule is O=S(=O)(O)C(O)c1cc(Cl)ccn1. The molecule has 0 aliphatic rings. The zero-order valence-corrected chi connectivity index (χ0v) is 7.83. The quantitative estimate of drug-likeness (QED) is 0.718. The lowest BCUT2D eigenvalue weighted by molar-refractivity contribution is 0.234. The highest BCUT2D eigenvalue weighted by Crippen LogP contribution is 2.18. The molecule has 7 heteroatoms. The monoisotopic (exact) mass is 223 g/mol. The first-order valence-corrected chi connectivity index (χ1v) is 5.05. The highest BCUT2D eigenvalue weighted by molar-refractivity contribution is 7.85. The summed E-state index contributed by atoms with van der Waals surface area (Å²) < 4.78 is 29.4. The van der Waals surface area contributed by atoms with E-state index in [1.54, 1.807) is 0 Å². The third kappa shape index (κ3) is 2.63. The Labute approximate surface area is 79.7 Å². The second-order valence-electron chi connectivity index (χ2n) is 2.27. The summed E-state index contributed by atoms with van der Waals surface area (Å²) in [6.45, 7) is 0. The van der Waals surface area contributed by atoms with Gasteiger partial charge in [0, 0.05) is 11.2 Å². The Hall–Kier alpha value is -0.690. The molecule has 0 spiro atoms. The van der Waals surface area contributed by atoms with Gasteiger partial charge in [0.1, 0.15) is 0 Å². The van der Waals surface area contributed by atoms with Crippen LogP contribution >= 0.6 is 11.6 Å². The van der Waals surface area contributed by atoms with Crippen molar-refractivity contribution in [1.29, 1.82) is 0 Å². The van der Waals surface area contributed by atoms with Crippen molar-refractivity contribution >= 4 is 21.7 Å². The largest absolute Gasteiger partial charge is 0.370 e. The van der Waals surface area contributed by atoms with Gasteiger partial charge >= 0.3 is 0 Å². The molecule has 72 valence electrons. The fourth-order valence-electron chi connectivity index (χ4n) is 0.709. The minimum Gasteiger partial charge on any atom is -0.370 e. The fraction of sp³-hybridized carbons (Fsp3) is 0.167. The van der Waals surface area contributed by atoms with Crippen LogP contribution in [0.5, 0.6) is 0 Å². The van der Waals surface area contributed by atoms with Gasteiger partial charge in [0.05, 0.1) is 5.69 Å². The third-order valence-corrected chi connectivity index (χ3v) is 2.32. The molecule has 1 atom stereocenters. The Balaban J connectivity index is 3.10. The minimum atomic E-state index is -4.54. The van der Waals surface area contributed by atoms with Crippen LogP contribution in [0.1, 0.15) is 11.1 Å². The molecule has 0 aliphatic heterocycles. The molecule has 1 heterocycles. The summed E-state index contributed by atoms with van der Waals surface area (Å²) in [5.41, 5.74) is -2.26. The number of aliphatic hydroxyl groups excluding tert-OH is 1. The summed E-state index contributed by atoms with van der Waals surface area (Å²) >= 11 is 5.51. The van der Waals surface area contributed by atoms with Crippen LogP contribution in [0.4, 0.5) is 0 Å². The van der Waals surface area contributed by atoms with E-state index in [1.165, 1.54) is 12.3 Å². The van der Waals surface area contributed by atoms with E-state index >= 15 is 0 Å². The number of aromatic nitrogens is 1. The molecule has 0 aliphatic carbocycles. The number of rotatable bonds is 2. The highest BCUT2D eigenvalue weighted by Gasteiger charge is 2.23. The summed E-state index contributed by atoms with van der Waals surface area (Å²) in [7, 11) is -4.54. The summed E-state index contributed by atoms with van der Waals surface area (Å²) in [5.74, 6) is 0.